The largest absolute Gasteiger partial charge is 0.364 e. The molecule has 1 aromatic rings. The summed E-state index contributed by atoms with van der Waals surface area (Å²) in [5.41, 5.74) is 6.55. The summed E-state index contributed by atoms with van der Waals surface area (Å²) in [5.74, 6) is -0.415. The smallest absolute Gasteiger partial charge is 0.267 e. The quantitative estimate of drug-likeness (QED) is 0.654. The van der Waals surface area contributed by atoms with E-state index < -0.39 is 5.91 Å². The maximum atomic E-state index is 10.8. The zero-order chi connectivity index (χ0) is 8.43. The molecule has 0 unspecified atom stereocenters. The van der Waals surface area contributed by atoms with E-state index in [4.69, 9.17) is 5.73 Å². The van der Waals surface area contributed by atoms with E-state index in [0.717, 1.165) is 12.0 Å². The molecule has 0 aliphatic carbocycles. The highest BCUT2D eigenvalue weighted by atomic mass is 16.1. The number of hydrogen-bond acceptors (Lipinski definition) is 2. The highest BCUT2D eigenvalue weighted by Gasteiger charge is 2.11. The Balaban J connectivity index is 3.17. The van der Waals surface area contributed by atoms with E-state index in [2.05, 4.69) is 5.10 Å². The van der Waals surface area contributed by atoms with Crippen LogP contribution in [0.15, 0.2) is 6.20 Å². The van der Waals surface area contributed by atoms with E-state index >= 15 is 0 Å². The van der Waals surface area contributed by atoms with Crippen LogP contribution in [0.1, 0.15) is 23.0 Å². The Morgan fingerprint density at radius 1 is 1.82 bits per heavy atom. The van der Waals surface area contributed by atoms with E-state index in [1.54, 1.807) is 13.2 Å². The SMILES string of the molecule is CCc1cnn(C)c1C(N)=O. The van der Waals surface area contributed by atoms with Crippen molar-refractivity contribution in [3.05, 3.63) is 17.5 Å². The molecule has 11 heavy (non-hydrogen) atoms. The summed E-state index contributed by atoms with van der Waals surface area (Å²) in [6.07, 6.45) is 2.45. The van der Waals surface area contributed by atoms with Crippen LogP contribution in [0.2, 0.25) is 0 Å². The van der Waals surface area contributed by atoms with E-state index in [0.29, 0.717) is 5.69 Å². The van der Waals surface area contributed by atoms with E-state index in [1.807, 2.05) is 6.92 Å². The van der Waals surface area contributed by atoms with Crippen LogP contribution in [0.3, 0.4) is 0 Å². The average molecular weight is 153 g/mol. The molecular weight excluding hydrogens is 142 g/mol. The molecular formula is C7H11N3O. The van der Waals surface area contributed by atoms with Gasteiger partial charge in [-0.3, -0.25) is 9.48 Å². The number of rotatable bonds is 2. The van der Waals surface area contributed by atoms with Crippen LogP contribution in [-0.4, -0.2) is 15.7 Å². The number of carbonyl (C=O) groups excluding carboxylic acids is 1. The first-order chi connectivity index (χ1) is 5.16. The lowest BCUT2D eigenvalue weighted by Gasteiger charge is -1.97. The fraction of sp³-hybridized carbons (Fsp3) is 0.429. The molecule has 1 rings (SSSR count). The Bertz CT molecular complexity index is 277. The second kappa shape index (κ2) is 2.74. The van der Waals surface area contributed by atoms with Crippen molar-refractivity contribution in [2.45, 2.75) is 13.3 Å². The molecule has 60 valence electrons. The topological polar surface area (TPSA) is 60.9 Å². The van der Waals surface area contributed by atoms with Gasteiger partial charge in [-0.05, 0) is 6.42 Å². The first kappa shape index (κ1) is 7.78. The van der Waals surface area contributed by atoms with Crippen molar-refractivity contribution in [1.82, 2.24) is 9.78 Å². The summed E-state index contributed by atoms with van der Waals surface area (Å²) in [4.78, 5) is 10.8. The number of carbonyl (C=O) groups is 1. The van der Waals surface area contributed by atoms with Gasteiger partial charge in [0, 0.05) is 12.6 Å². The molecule has 1 amide bonds. The third kappa shape index (κ3) is 1.24. The van der Waals surface area contributed by atoms with E-state index in [9.17, 15) is 4.79 Å². The van der Waals surface area contributed by atoms with Gasteiger partial charge in [0.1, 0.15) is 5.69 Å². The number of nitrogens with two attached hydrogens (primary N) is 1. The van der Waals surface area contributed by atoms with Gasteiger partial charge in [0.05, 0.1) is 6.20 Å². The third-order valence-electron chi connectivity index (χ3n) is 1.63. The van der Waals surface area contributed by atoms with Crippen LogP contribution in [0.5, 0.6) is 0 Å². The van der Waals surface area contributed by atoms with Gasteiger partial charge < -0.3 is 5.73 Å². The minimum atomic E-state index is -0.415. The Morgan fingerprint density at radius 2 is 2.45 bits per heavy atom. The lowest BCUT2D eigenvalue weighted by molar-refractivity contribution is 0.0990. The van der Waals surface area contributed by atoms with Gasteiger partial charge in [-0.2, -0.15) is 5.10 Å². The number of nitrogens with zero attached hydrogens (tertiary/aromatic N) is 2. The summed E-state index contributed by atoms with van der Waals surface area (Å²) in [5, 5.41) is 3.92. The predicted molar refractivity (Wildman–Crippen MR) is 41.1 cm³/mol. The molecule has 2 N–H and O–H groups in total. The first-order valence-electron chi connectivity index (χ1n) is 3.47. The Hall–Kier alpha value is -1.32. The Labute approximate surface area is 65.0 Å². The molecule has 1 heterocycles. The summed E-state index contributed by atoms with van der Waals surface area (Å²) < 4.78 is 1.50. The van der Waals surface area contributed by atoms with Crippen molar-refractivity contribution in [1.29, 1.82) is 0 Å². The van der Waals surface area contributed by atoms with E-state index in [1.165, 1.54) is 4.68 Å². The monoisotopic (exact) mass is 153 g/mol. The van der Waals surface area contributed by atoms with Gasteiger partial charge in [-0.1, -0.05) is 6.92 Å². The highest BCUT2D eigenvalue weighted by molar-refractivity contribution is 5.92. The van der Waals surface area contributed by atoms with Crippen molar-refractivity contribution >= 4 is 5.91 Å². The minimum Gasteiger partial charge on any atom is -0.364 e. The maximum absolute atomic E-state index is 10.8. The molecule has 1 aromatic heterocycles. The van der Waals surface area contributed by atoms with Crippen LogP contribution >= 0.6 is 0 Å². The molecule has 0 saturated heterocycles. The molecule has 0 saturated carbocycles. The van der Waals surface area contributed by atoms with Crippen LogP contribution < -0.4 is 5.73 Å². The maximum Gasteiger partial charge on any atom is 0.267 e. The highest BCUT2D eigenvalue weighted by Crippen LogP contribution is 2.06. The van der Waals surface area contributed by atoms with E-state index in [-0.39, 0.29) is 0 Å². The van der Waals surface area contributed by atoms with Gasteiger partial charge in [0.2, 0.25) is 0 Å². The normalized spacial score (nSPS) is 10.0. The van der Waals surface area contributed by atoms with Crippen LogP contribution in [0.4, 0.5) is 0 Å². The Kier molecular flexibility index (Phi) is 1.94. The molecule has 4 heteroatoms. The van der Waals surface area contributed by atoms with Crippen molar-refractivity contribution in [2.24, 2.45) is 12.8 Å². The molecule has 0 aliphatic rings. The average Bonchev–Trinajstić information content (AvgIpc) is 2.30. The molecule has 4 nitrogen and oxygen atoms in total. The van der Waals surface area contributed by atoms with Crippen LogP contribution in [0.25, 0.3) is 0 Å². The van der Waals surface area contributed by atoms with Gasteiger partial charge >= 0.3 is 0 Å². The van der Waals surface area contributed by atoms with Gasteiger partial charge in [0.15, 0.2) is 0 Å². The fourth-order valence-corrected chi connectivity index (χ4v) is 1.06. The van der Waals surface area contributed by atoms with Crippen molar-refractivity contribution in [2.75, 3.05) is 0 Å². The summed E-state index contributed by atoms with van der Waals surface area (Å²) in [7, 11) is 1.71. The predicted octanol–water partition coefficient (Wildman–Crippen LogP) is 0.0814. The minimum absolute atomic E-state index is 0.415. The molecule has 0 radical (unpaired) electrons. The summed E-state index contributed by atoms with van der Waals surface area (Å²) in [6, 6.07) is 0. The van der Waals surface area contributed by atoms with Crippen LogP contribution in [0, 0.1) is 0 Å². The molecule has 0 bridgehead atoms. The standard InChI is InChI=1S/C7H11N3O/c1-3-5-4-9-10(2)6(5)7(8)11/h4H,3H2,1-2H3,(H2,8,11). The lowest BCUT2D eigenvalue weighted by atomic mass is 10.2. The molecule has 0 fully saturated rings. The molecule has 0 atom stereocenters. The van der Waals surface area contributed by atoms with Crippen LogP contribution in [-0.2, 0) is 13.5 Å². The number of aromatic nitrogens is 2. The number of amides is 1. The number of aryl methyl sites for hydroxylation is 2. The molecule has 0 spiro atoms. The van der Waals surface area contributed by atoms with Gasteiger partial charge in [0.25, 0.3) is 5.91 Å². The zero-order valence-corrected chi connectivity index (χ0v) is 6.66. The number of primary amides is 1. The lowest BCUT2D eigenvalue weighted by Crippen LogP contribution is -2.17. The summed E-state index contributed by atoms with van der Waals surface area (Å²) >= 11 is 0. The second-order valence-electron chi connectivity index (χ2n) is 2.36. The molecule has 0 aromatic carbocycles. The summed E-state index contributed by atoms with van der Waals surface area (Å²) in [6.45, 7) is 1.96. The van der Waals surface area contributed by atoms with Gasteiger partial charge in [-0.25, -0.2) is 0 Å². The Morgan fingerprint density at radius 3 is 2.82 bits per heavy atom. The van der Waals surface area contributed by atoms with Gasteiger partial charge in [-0.15, -0.1) is 0 Å². The fourth-order valence-electron chi connectivity index (χ4n) is 1.06. The first-order valence-corrected chi connectivity index (χ1v) is 3.47. The molecule has 0 aliphatic heterocycles. The number of hydrogen-bond donors (Lipinski definition) is 1. The third-order valence-corrected chi connectivity index (χ3v) is 1.63. The van der Waals surface area contributed by atoms with Crippen molar-refractivity contribution in [3.63, 3.8) is 0 Å². The van der Waals surface area contributed by atoms with Crippen molar-refractivity contribution in [3.8, 4) is 0 Å². The van der Waals surface area contributed by atoms with Crippen molar-refractivity contribution < 1.29 is 4.79 Å². The second-order valence-corrected chi connectivity index (χ2v) is 2.36. The zero-order valence-electron chi connectivity index (χ0n) is 6.66.